The summed E-state index contributed by atoms with van der Waals surface area (Å²) in [5.74, 6) is -0.805. The van der Waals surface area contributed by atoms with Crippen LogP contribution in [0.25, 0.3) is 0 Å². The molecule has 7 heteroatoms. The molecule has 2 aromatic rings. The number of hydrogen-bond acceptors (Lipinski definition) is 2. The molecular weight excluding hydrogens is 361 g/mol. The Labute approximate surface area is 156 Å². The Balaban J connectivity index is 1.95. The van der Waals surface area contributed by atoms with Gasteiger partial charge >= 0.3 is 0 Å². The summed E-state index contributed by atoms with van der Waals surface area (Å²) in [6, 6.07) is 12.9. The van der Waals surface area contributed by atoms with Gasteiger partial charge in [0, 0.05) is 10.7 Å². The maximum absolute atomic E-state index is 12.9. The normalized spacial score (nSPS) is 11.7. The van der Waals surface area contributed by atoms with Gasteiger partial charge in [0.25, 0.3) is 0 Å². The average Bonchev–Trinajstić information content (AvgIpc) is 2.57. The van der Waals surface area contributed by atoms with E-state index >= 15 is 0 Å². The van der Waals surface area contributed by atoms with Gasteiger partial charge in [-0.1, -0.05) is 37.6 Å². The number of nitrogens with one attached hydrogen (secondary N) is 3. The van der Waals surface area contributed by atoms with Gasteiger partial charge in [0.1, 0.15) is 5.82 Å². The Hall–Kier alpha value is -2.18. The van der Waals surface area contributed by atoms with Crippen molar-refractivity contribution < 1.29 is 9.18 Å². The first-order chi connectivity index (χ1) is 11.9. The van der Waals surface area contributed by atoms with E-state index in [9.17, 15) is 9.18 Å². The van der Waals surface area contributed by atoms with Crippen molar-refractivity contribution >= 4 is 40.5 Å². The van der Waals surface area contributed by atoms with Crippen LogP contribution in [0.4, 0.5) is 10.1 Å². The summed E-state index contributed by atoms with van der Waals surface area (Å²) < 4.78 is 12.9. The molecule has 25 heavy (non-hydrogen) atoms. The van der Waals surface area contributed by atoms with Gasteiger partial charge in [-0.3, -0.25) is 15.6 Å². The van der Waals surface area contributed by atoms with Crippen LogP contribution >= 0.6 is 23.8 Å². The number of hydrazine groups is 1. The first-order valence-corrected chi connectivity index (χ1v) is 8.53. The lowest BCUT2D eigenvalue weighted by Gasteiger charge is -2.21. The first kappa shape index (κ1) is 19.1. The number of amides is 1. The Morgan fingerprint density at radius 1 is 1.04 bits per heavy atom. The molecule has 0 aliphatic rings. The van der Waals surface area contributed by atoms with Crippen molar-refractivity contribution in [2.24, 2.45) is 5.92 Å². The van der Waals surface area contributed by atoms with Crippen LogP contribution in [-0.4, -0.2) is 11.0 Å². The number of anilines is 1. The maximum Gasteiger partial charge on any atom is 0.246 e. The second kappa shape index (κ2) is 8.78. The monoisotopic (exact) mass is 379 g/mol. The van der Waals surface area contributed by atoms with Gasteiger partial charge in [-0.05, 0) is 60.1 Å². The molecule has 0 aromatic heterocycles. The SMILES string of the molecule is CC(C)[C@H](C(=O)NNC(=S)Nc1ccc(F)cc1)c1ccc(Cl)cc1. The molecule has 132 valence electrons. The Morgan fingerprint density at radius 2 is 1.64 bits per heavy atom. The summed E-state index contributed by atoms with van der Waals surface area (Å²) in [7, 11) is 0. The molecule has 0 aliphatic heterocycles. The van der Waals surface area contributed by atoms with Crippen molar-refractivity contribution in [2.75, 3.05) is 5.32 Å². The van der Waals surface area contributed by atoms with Gasteiger partial charge in [0.05, 0.1) is 5.92 Å². The lowest BCUT2D eigenvalue weighted by molar-refractivity contribution is -0.124. The highest BCUT2D eigenvalue weighted by Gasteiger charge is 2.24. The summed E-state index contributed by atoms with van der Waals surface area (Å²) >= 11 is 11.0. The molecule has 0 fully saturated rings. The minimum absolute atomic E-state index is 0.0848. The molecule has 0 heterocycles. The summed E-state index contributed by atoms with van der Waals surface area (Å²) in [4.78, 5) is 12.5. The van der Waals surface area contributed by atoms with Crippen LogP contribution in [-0.2, 0) is 4.79 Å². The number of carbonyl (C=O) groups is 1. The number of halogens is 2. The zero-order valence-electron chi connectivity index (χ0n) is 13.8. The lowest BCUT2D eigenvalue weighted by Crippen LogP contribution is -2.46. The molecule has 0 bridgehead atoms. The molecule has 0 spiro atoms. The maximum atomic E-state index is 12.9. The van der Waals surface area contributed by atoms with Gasteiger partial charge < -0.3 is 5.32 Å². The smallest absolute Gasteiger partial charge is 0.246 e. The van der Waals surface area contributed by atoms with E-state index in [4.69, 9.17) is 23.8 Å². The molecule has 3 N–H and O–H groups in total. The van der Waals surface area contributed by atoms with Crippen LogP contribution in [0.2, 0.25) is 5.02 Å². The van der Waals surface area contributed by atoms with Crippen molar-refractivity contribution in [3.05, 3.63) is 64.9 Å². The van der Waals surface area contributed by atoms with Crippen LogP contribution < -0.4 is 16.2 Å². The molecule has 0 saturated carbocycles. The quantitative estimate of drug-likeness (QED) is 0.549. The molecule has 1 amide bonds. The second-order valence-electron chi connectivity index (χ2n) is 5.85. The molecule has 1 atom stereocenters. The van der Waals surface area contributed by atoms with E-state index in [-0.39, 0.29) is 28.7 Å². The zero-order chi connectivity index (χ0) is 18.4. The standard InChI is InChI=1S/C18H19ClFN3OS/c1-11(2)16(12-3-5-13(19)6-4-12)17(24)22-23-18(25)21-15-9-7-14(20)8-10-15/h3-11,16H,1-2H3,(H,22,24)(H2,21,23,25)/t16-/m0/s1. The first-order valence-electron chi connectivity index (χ1n) is 7.74. The molecule has 2 rings (SSSR count). The summed E-state index contributed by atoms with van der Waals surface area (Å²) in [6.45, 7) is 3.93. The molecular formula is C18H19ClFN3OS. The topological polar surface area (TPSA) is 53.2 Å². The van der Waals surface area contributed by atoms with Crippen LogP contribution in [0.3, 0.4) is 0 Å². The number of hydrogen-bond donors (Lipinski definition) is 3. The summed E-state index contributed by atoms with van der Waals surface area (Å²) in [6.07, 6.45) is 0. The number of rotatable bonds is 4. The highest BCUT2D eigenvalue weighted by atomic mass is 35.5. The fraction of sp³-hybridized carbons (Fsp3) is 0.222. The predicted octanol–water partition coefficient (Wildman–Crippen LogP) is 4.24. The molecule has 0 unspecified atom stereocenters. The van der Waals surface area contributed by atoms with Gasteiger partial charge in [-0.15, -0.1) is 0 Å². The lowest BCUT2D eigenvalue weighted by atomic mass is 9.88. The number of benzene rings is 2. The predicted molar refractivity (Wildman–Crippen MR) is 103 cm³/mol. The van der Waals surface area contributed by atoms with Crippen LogP contribution in [0.15, 0.2) is 48.5 Å². The molecule has 2 aromatic carbocycles. The largest absolute Gasteiger partial charge is 0.331 e. The van der Waals surface area contributed by atoms with Crippen molar-refractivity contribution in [1.82, 2.24) is 10.9 Å². The second-order valence-corrected chi connectivity index (χ2v) is 6.69. The molecule has 0 saturated heterocycles. The Kier molecular flexibility index (Phi) is 6.73. The minimum Gasteiger partial charge on any atom is -0.331 e. The minimum atomic E-state index is -0.349. The van der Waals surface area contributed by atoms with Gasteiger partial charge in [-0.25, -0.2) is 4.39 Å². The van der Waals surface area contributed by atoms with E-state index in [2.05, 4.69) is 16.2 Å². The Morgan fingerprint density at radius 3 is 2.20 bits per heavy atom. The molecule has 4 nitrogen and oxygen atoms in total. The third-order valence-corrected chi connectivity index (χ3v) is 4.04. The fourth-order valence-corrected chi connectivity index (χ4v) is 2.70. The van der Waals surface area contributed by atoms with Crippen LogP contribution in [0, 0.1) is 11.7 Å². The van der Waals surface area contributed by atoms with Crippen molar-refractivity contribution in [2.45, 2.75) is 19.8 Å². The van der Waals surface area contributed by atoms with Crippen LogP contribution in [0.1, 0.15) is 25.3 Å². The van der Waals surface area contributed by atoms with Gasteiger partial charge in [-0.2, -0.15) is 0 Å². The number of thiocarbonyl (C=S) groups is 1. The van der Waals surface area contributed by atoms with E-state index in [0.29, 0.717) is 10.7 Å². The van der Waals surface area contributed by atoms with E-state index in [1.807, 2.05) is 26.0 Å². The molecule has 0 aliphatic carbocycles. The summed E-state index contributed by atoms with van der Waals surface area (Å²) in [5, 5.41) is 3.69. The van der Waals surface area contributed by atoms with Crippen LogP contribution in [0.5, 0.6) is 0 Å². The highest BCUT2D eigenvalue weighted by molar-refractivity contribution is 7.80. The van der Waals surface area contributed by atoms with Crippen molar-refractivity contribution in [3.63, 3.8) is 0 Å². The van der Waals surface area contributed by atoms with Gasteiger partial charge in [0.15, 0.2) is 5.11 Å². The number of carbonyl (C=O) groups excluding carboxylic acids is 1. The van der Waals surface area contributed by atoms with E-state index in [0.717, 1.165) is 5.56 Å². The average molecular weight is 380 g/mol. The summed E-state index contributed by atoms with van der Waals surface area (Å²) in [5.41, 5.74) is 6.76. The Bertz CT molecular complexity index is 735. The fourth-order valence-electron chi connectivity index (χ4n) is 2.40. The van der Waals surface area contributed by atoms with Crippen molar-refractivity contribution in [3.8, 4) is 0 Å². The van der Waals surface area contributed by atoms with E-state index in [1.165, 1.54) is 12.1 Å². The third-order valence-electron chi connectivity index (χ3n) is 3.58. The van der Waals surface area contributed by atoms with Gasteiger partial charge in [0.2, 0.25) is 5.91 Å². The highest BCUT2D eigenvalue weighted by Crippen LogP contribution is 2.25. The van der Waals surface area contributed by atoms with E-state index < -0.39 is 0 Å². The van der Waals surface area contributed by atoms with E-state index in [1.54, 1.807) is 24.3 Å². The van der Waals surface area contributed by atoms with Crippen molar-refractivity contribution in [1.29, 1.82) is 0 Å². The third kappa shape index (κ3) is 5.69. The molecule has 0 radical (unpaired) electrons. The zero-order valence-corrected chi connectivity index (χ0v) is 15.4.